The van der Waals surface area contributed by atoms with E-state index in [0.29, 0.717) is 53.1 Å². The van der Waals surface area contributed by atoms with Gasteiger partial charge in [0.15, 0.2) is 0 Å². The van der Waals surface area contributed by atoms with Crippen molar-refractivity contribution < 1.29 is 13.9 Å². The van der Waals surface area contributed by atoms with Crippen LogP contribution in [0.4, 0.5) is 10.2 Å². The lowest BCUT2D eigenvalue weighted by atomic mass is 9.90. The Morgan fingerprint density at radius 2 is 1.98 bits per heavy atom. The maximum atomic E-state index is 15.8. The van der Waals surface area contributed by atoms with Gasteiger partial charge in [0.1, 0.15) is 18.2 Å². The Morgan fingerprint density at radius 3 is 2.67 bits per heavy atom. The van der Waals surface area contributed by atoms with Crippen molar-refractivity contribution >= 4 is 37.2 Å². The first-order valence-corrected chi connectivity index (χ1v) is 14.9. The van der Waals surface area contributed by atoms with Gasteiger partial charge in [0, 0.05) is 59.9 Å². The first-order chi connectivity index (χ1) is 20.5. The summed E-state index contributed by atoms with van der Waals surface area (Å²) in [4.78, 5) is 44.2. The number of nitrogens with zero attached hydrogens (tertiary/aromatic N) is 6. The van der Waals surface area contributed by atoms with E-state index in [2.05, 4.69) is 30.7 Å². The SMILES string of the molecule is C=CC(=O)N1CCN(c2nc(=O)n(-c3c(C)ccnc3C(C)C)c3c4c(c(C)cc23)-c2c(ncc(P)c2F)OC4)[C@@H](C)C1. The Morgan fingerprint density at radius 1 is 1.21 bits per heavy atom. The molecule has 222 valence electrons. The number of amides is 1. The van der Waals surface area contributed by atoms with Crippen LogP contribution in [0, 0.1) is 19.7 Å². The average molecular weight is 601 g/mol. The maximum absolute atomic E-state index is 15.8. The molecule has 5 heterocycles. The van der Waals surface area contributed by atoms with Gasteiger partial charge in [0.05, 0.1) is 22.5 Å². The third-order valence-electron chi connectivity index (χ3n) is 8.38. The highest BCUT2D eigenvalue weighted by Crippen LogP contribution is 2.45. The number of hydrogen-bond donors (Lipinski definition) is 0. The molecule has 2 atom stereocenters. The molecular weight excluding hydrogens is 566 g/mol. The van der Waals surface area contributed by atoms with Gasteiger partial charge < -0.3 is 14.5 Å². The molecule has 1 amide bonds. The second-order valence-corrected chi connectivity index (χ2v) is 12.2. The standard InChI is InChI=1S/C32H34FN6O3P/c1-7-23(40)37-10-11-38(19(6)14-37)30-20-12-18(5)24-21(15-42-31-25(24)26(33)22(43)13-35-31)29(20)39(32(41)36-30)28-17(4)8-9-34-27(28)16(2)3/h7-9,12-13,16,19H,1,10-11,14-15,43H2,2-6H3/t19-/m0/s1. The van der Waals surface area contributed by atoms with E-state index in [1.807, 2.05) is 46.8 Å². The van der Waals surface area contributed by atoms with Gasteiger partial charge in [-0.25, -0.2) is 14.2 Å². The predicted molar refractivity (Wildman–Crippen MR) is 169 cm³/mol. The normalized spacial score (nSPS) is 16.2. The molecule has 1 fully saturated rings. The second kappa shape index (κ2) is 10.8. The van der Waals surface area contributed by atoms with Gasteiger partial charge in [-0.05, 0) is 56.0 Å². The van der Waals surface area contributed by atoms with Crippen molar-refractivity contribution in [2.45, 2.75) is 53.2 Å². The van der Waals surface area contributed by atoms with Gasteiger partial charge in [-0.15, -0.1) is 9.24 Å². The highest BCUT2D eigenvalue weighted by atomic mass is 31.0. The van der Waals surface area contributed by atoms with Gasteiger partial charge in [-0.2, -0.15) is 4.98 Å². The second-order valence-electron chi connectivity index (χ2n) is 11.5. The molecule has 9 nitrogen and oxygen atoms in total. The van der Waals surface area contributed by atoms with Crippen molar-refractivity contribution in [3.05, 3.63) is 75.9 Å². The summed E-state index contributed by atoms with van der Waals surface area (Å²) in [6.07, 6.45) is 4.50. The molecule has 1 unspecified atom stereocenters. The van der Waals surface area contributed by atoms with Crippen LogP contribution in [0.25, 0.3) is 27.7 Å². The molecule has 0 saturated carbocycles. The first kappa shape index (κ1) is 28.9. The summed E-state index contributed by atoms with van der Waals surface area (Å²) in [5.74, 6) is 0.208. The fraction of sp³-hybridized carbons (Fsp3) is 0.344. The van der Waals surface area contributed by atoms with Crippen LogP contribution in [-0.2, 0) is 11.4 Å². The number of carbonyl (C=O) groups is 1. The third-order valence-corrected chi connectivity index (χ3v) is 8.78. The van der Waals surface area contributed by atoms with Crippen LogP contribution in [0.3, 0.4) is 0 Å². The minimum absolute atomic E-state index is 0.0200. The lowest BCUT2D eigenvalue weighted by Gasteiger charge is -2.41. The van der Waals surface area contributed by atoms with Gasteiger partial charge in [-0.3, -0.25) is 14.3 Å². The number of piperazine rings is 1. The molecule has 2 aliphatic rings. The Hall–Kier alpha value is -4.17. The molecule has 0 radical (unpaired) electrons. The number of anilines is 1. The summed E-state index contributed by atoms with van der Waals surface area (Å²) >= 11 is 0. The zero-order chi connectivity index (χ0) is 30.7. The molecule has 2 aliphatic heterocycles. The van der Waals surface area contributed by atoms with Crippen molar-refractivity contribution in [3.63, 3.8) is 0 Å². The molecule has 6 rings (SSSR count). The Labute approximate surface area is 251 Å². The number of fused-ring (bicyclic) bond motifs is 5. The molecule has 0 N–H and O–H groups in total. The summed E-state index contributed by atoms with van der Waals surface area (Å²) < 4.78 is 23.4. The number of halogens is 1. The minimum atomic E-state index is -0.465. The lowest BCUT2D eigenvalue weighted by molar-refractivity contribution is -0.126. The van der Waals surface area contributed by atoms with E-state index in [1.54, 1.807) is 15.7 Å². The number of pyridine rings is 2. The van der Waals surface area contributed by atoms with Gasteiger partial charge in [0.2, 0.25) is 11.8 Å². The average Bonchev–Trinajstić information content (AvgIpc) is 2.98. The van der Waals surface area contributed by atoms with Gasteiger partial charge in [0.25, 0.3) is 0 Å². The van der Waals surface area contributed by atoms with Crippen LogP contribution in [-0.4, -0.2) is 56.0 Å². The van der Waals surface area contributed by atoms with E-state index in [4.69, 9.17) is 9.72 Å². The monoisotopic (exact) mass is 600 g/mol. The van der Waals surface area contributed by atoms with Gasteiger partial charge in [-0.1, -0.05) is 20.4 Å². The fourth-order valence-electron chi connectivity index (χ4n) is 6.35. The first-order valence-electron chi connectivity index (χ1n) is 14.3. The minimum Gasteiger partial charge on any atom is -0.472 e. The lowest BCUT2D eigenvalue weighted by Crippen LogP contribution is -2.54. The summed E-state index contributed by atoms with van der Waals surface area (Å²) in [5.41, 5.74) is 4.87. The Bertz CT molecular complexity index is 1890. The topological polar surface area (TPSA) is 93.5 Å². The smallest absolute Gasteiger partial charge is 0.354 e. The summed E-state index contributed by atoms with van der Waals surface area (Å²) in [7, 11) is 2.39. The predicted octanol–water partition coefficient (Wildman–Crippen LogP) is 4.34. The van der Waals surface area contributed by atoms with Gasteiger partial charge >= 0.3 is 5.69 Å². The third kappa shape index (κ3) is 4.59. The van der Waals surface area contributed by atoms with Crippen molar-refractivity contribution in [2.24, 2.45) is 0 Å². The van der Waals surface area contributed by atoms with Crippen molar-refractivity contribution in [2.75, 3.05) is 24.5 Å². The highest BCUT2D eigenvalue weighted by molar-refractivity contribution is 7.27. The summed E-state index contributed by atoms with van der Waals surface area (Å²) in [6, 6.07) is 3.73. The van der Waals surface area contributed by atoms with Crippen LogP contribution in [0.1, 0.15) is 49.1 Å². The molecule has 3 aromatic heterocycles. The molecule has 11 heteroatoms. The van der Waals surface area contributed by atoms with Crippen molar-refractivity contribution in [3.8, 4) is 22.7 Å². The number of aryl methyl sites for hydroxylation is 2. The molecular formula is C32H34FN6O3P. The Kier molecular flexibility index (Phi) is 7.29. The number of carbonyl (C=O) groups excluding carboxylic acids is 1. The van der Waals surface area contributed by atoms with Crippen molar-refractivity contribution in [1.82, 2.24) is 24.4 Å². The number of aromatic nitrogens is 4. The number of ether oxygens (including phenoxy) is 1. The van der Waals surface area contributed by atoms with Crippen molar-refractivity contribution in [1.29, 1.82) is 0 Å². The molecule has 43 heavy (non-hydrogen) atoms. The largest absolute Gasteiger partial charge is 0.472 e. The zero-order valence-corrected chi connectivity index (χ0v) is 26.1. The highest BCUT2D eigenvalue weighted by Gasteiger charge is 2.33. The van der Waals surface area contributed by atoms with E-state index in [-0.39, 0.29) is 35.9 Å². The van der Waals surface area contributed by atoms with Crippen LogP contribution in [0.5, 0.6) is 5.88 Å². The van der Waals surface area contributed by atoms with E-state index < -0.39 is 11.5 Å². The summed E-state index contributed by atoms with van der Waals surface area (Å²) in [5, 5.41) is 1.07. The number of hydrogen-bond acceptors (Lipinski definition) is 7. The van der Waals surface area contributed by atoms with Crippen LogP contribution in [0.15, 0.2) is 42.0 Å². The molecule has 4 aromatic rings. The molecule has 0 aliphatic carbocycles. The van der Waals surface area contributed by atoms with E-state index in [9.17, 15) is 9.59 Å². The Balaban J connectivity index is 1.71. The molecule has 1 saturated heterocycles. The molecule has 0 bridgehead atoms. The maximum Gasteiger partial charge on any atom is 0.354 e. The van der Waals surface area contributed by atoms with Crippen LogP contribution in [0.2, 0.25) is 0 Å². The van der Waals surface area contributed by atoms with Crippen LogP contribution < -0.4 is 20.6 Å². The van der Waals surface area contributed by atoms with Crippen LogP contribution >= 0.6 is 9.24 Å². The van der Waals surface area contributed by atoms with E-state index >= 15 is 4.39 Å². The molecule has 1 aromatic carbocycles. The summed E-state index contributed by atoms with van der Waals surface area (Å²) in [6.45, 7) is 15.1. The van der Waals surface area contributed by atoms with E-state index in [1.165, 1.54) is 12.3 Å². The quantitative estimate of drug-likeness (QED) is 0.254. The number of rotatable bonds is 4. The molecule has 0 spiro atoms. The van der Waals surface area contributed by atoms with E-state index in [0.717, 1.165) is 22.2 Å². The number of benzene rings is 1. The zero-order valence-electron chi connectivity index (χ0n) is 24.9. The fourth-order valence-corrected chi connectivity index (χ4v) is 6.57.